The fraction of sp³-hybridized carbons (Fsp3) is 0.739. The summed E-state index contributed by atoms with van der Waals surface area (Å²) in [6.07, 6.45) is 2.03. The van der Waals surface area contributed by atoms with E-state index in [0.717, 1.165) is 37.8 Å². The van der Waals surface area contributed by atoms with E-state index in [1.807, 2.05) is 0 Å². The molecule has 0 radical (unpaired) electrons. The predicted octanol–water partition coefficient (Wildman–Crippen LogP) is 8.76. The fourth-order valence-electron chi connectivity index (χ4n) is 13.0. The number of benzene rings is 1. The number of esters is 2. The summed E-state index contributed by atoms with van der Waals surface area (Å²) in [5.41, 5.74) is 4.75. The fourth-order valence-corrected chi connectivity index (χ4v) is 13.0. The van der Waals surface area contributed by atoms with Gasteiger partial charge in [-0.25, -0.2) is 4.79 Å². The lowest BCUT2D eigenvalue weighted by molar-refractivity contribution is -0.263. The molecule has 3 saturated carbocycles. The Hall–Kier alpha value is -3.65. The molecule has 2 bridgehead atoms. The van der Waals surface area contributed by atoms with Gasteiger partial charge in [-0.05, 0) is 122 Å². The molecule has 4 aliphatic carbocycles. The average molecular weight is 846 g/mol. The lowest BCUT2D eigenvalue weighted by Gasteiger charge is -2.71. The molecule has 334 valence electrons. The molecule has 4 fully saturated rings. The van der Waals surface area contributed by atoms with Crippen molar-refractivity contribution in [2.45, 2.75) is 138 Å². The van der Waals surface area contributed by atoms with Gasteiger partial charge in [0.2, 0.25) is 0 Å². The summed E-state index contributed by atoms with van der Waals surface area (Å²) in [5.74, 6) is -1.58. The second kappa shape index (κ2) is 16.6. The van der Waals surface area contributed by atoms with Crippen molar-refractivity contribution in [2.24, 2.45) is 62.4 Å². The molecule has 1 aromatic carbocycles. The van der Waals surface area contributed by atoms with Crippen LogP contribution in [0.15, 0.2) is 35.9 Å². The van der Waals surface area contributed by atoms with Gasteiger partial charge in [0.1, 0.15) is 18.2 Å². The number of carbonyl (C=O) groups excluding carboxylic acids is 3. The number of carboxylic acids is 1. The Morgan fingerprint density at radius 3 is 2.27 bits per heavy atom. The van der Waals surface area contributed by atoms with E-state index in [4.69, 9.17) is 19.9 Å². The first-order valence-electron chi connectivity index (χ1n) is 21.8. The van der Waals surface area contributed by atoms with Crippen LogP contribution in [0, 0.1) is 56.7 Å². The number of alkyl halides is 3. The number of anilines is 1. The first-order valence-corrected chi connectivity index (χ1v) is 21.8. The minimum atomic E-state index is -4.47. The van der Waals surface area contributed by atoms with Gasteiger partial charge in [0.25, 0.3) is 0 Å². The first-order chi connectivity index (χ1) is 27.9. The van der Waals surface area contributed by atoms with E-state index >= 15 is 0 Å². The molecule has 1 aromatic rings. The minimum Gasteiger partial charge on any atom is -0.481 e. The second-order valence-corrected chi connectivity index (χ2v) is 20.1. The van der Waals surface area contributed by atoms with Crippen LogP contribution in [0.5, 0.6) is 0 Å². The third-order valence-electron chi connectivity index (χ3n) is 16.6. The molecular formula is C46H66F3N3O8. The number of carbonyl (C=O) groups is 4. The molecule has 60 heavy (non-hydrogen) atoms. The Bertz CT molecular complexity index is 1840. The number of fused-ring (bicyclic) bond motifs is 3. The summed E-state index contributed by atoms with van der Waals surface area (Å²) in [7, 11) is 0. The average Bonchev–Trinajstić information content (AvgIpc) is 3.15. The van der Waals surface area contributed by atoms with Gasteiger partial charge in [-0.1, -0.05) is 60.1 Å². The van der Waals surface area contributed by atoms with Crippen LogP contribution in [-0.2, 0) is 34.8 Å². The number of allylic oxidation sites excluding steroid dienone is 1. The van der Waals surface area contributed by atoms with Gasteiger partial charge in [-0.3, -0.25) is 14.4 Å². The van der Waals surface area contributed by atoms with Crippen molar-refractivity contribution < 1.29 is 51.7 Å². The molecule has 1 unspecified atom stereocenters. The van der Waals surface area contributed by atoms with Crippen molar-refractivity contribution in [1.82, 2.24) is 5.32 Å². The summed E-state index contributed by atoms with van der Waals surface area (Å²) in [6.45, 7) is 17.8. The Balaban J connectivity index is 1.14. The largest absolute Gasteiger partial charge is 0.481 e. The van der Waals surface area contributed by atoms with Crippen LogP contribution in [-0.4, -0.2) is 67.1 Å². The highest BCUT2D eigenvalue weighted by molar-refractivity contribution is 5.89. The highest BCUT2D eigenvalue weighted by Gasteiger charge is 2.72. The zero-order chi connectivity index (χ0) is 44.2. The van der Waals surface area contributed by atoms with E-state index in [1.54, 1.807) is 0 Å². The van der Waals surface area contributed by atoms with Crippen molar-refractivity contribution >= 4 is 29.6 Å². The number of carboxylic acid groups (broad SMARTS) is 1. The summed E-state index contributed by atoms with van der Waals surface area (Å²) in [5, 5.41) is 16.2. The summed E-state index contributed by atoms with van der Waals surface area (Å²) < 4.78 is 57.4. The molecule has 11 nitrogen and oxygen atoms in total. The van der Waals surface area contributed by atoms with E-state index in [0.29, 0.717) is 44.8 Å². The number of amides is 2. The van der Waals surface area contributed by atoms with Crippen LogP contribution in [0.25, 0.3) is 0 Å². The highest BCUT2D eigenvalue weighted by Crippen LogP contribution is 2.75. The second-order valence-electron chi connectivity index (χ2n) is 20.1. The van der Waals surface area contributed by atoms with Gasteiger partial charge >= 0.3 is 30.1 Å². The normalized spacial score (nSPS) is 37.0. The quantitative estimate of drug-likeness (QED) is 0.0914. The third-order valence-corrected chi connectivity index (χ3v) is 16.6. The highest BCUT2D eigenvalue weighted by atomic mass is 19.4. The topological polar surface area (TPSA) is 166 Å². The van der Waals surface area contributed by atoms with Crippen molar-refractivity contribution in [1.29, 1.82) is 0 Å². The Morgan fingerprint density at radius 1 is 0.967 bits per heavy atom. The number of nitrogens with two attached hydrogens (primary N) is 1. The minimum absolute atomic E-state index is 0.0555. The molecule has 0 spiro atoms. The standard InChI is InChI=1S/C46H66F3N3O8/c1-26(2)27(3)41(5)20-21-43(7)31-16-17-35-42(6)24-58-25-45(35,32(31)18-19-44(43,8)36(41)38(54)55)23-34(59-28(4)53)37(42)60-39(56)33(50)11-9-10-22-51-40(57)52-30-14-12-29(13-15-30)46(47,48)49/h12-15,18,26-27,31,33-37H,9-11,16-17,19-25,50H2,1-8H3,(H,54,55)(H2,51,52,57)/t27-,31+,33?,34-,35+,36-,37+,41-,42-,43-,44+,45+/m1/s1. The molecular weight excluding hydrogens is 780 g/mol. The van der Waals surface area contributed by atoms with Crippen LogP contribution < -0.4 is 16.4 Å². The van der Waals surface area contributed by atoms with E-state index in [9.17, 15) is 37.5 Å². The van der Waals surface area contributed by atoms with E-state index in [-0.39, 0.29) is 47.2 Å². The lowest BCUT2D eigenvalue weighted by Crippen LogP contribution is -2.70. The zero-order valence-corrected chi connectivity index (χ0v) is 36.5. The van der Waals surface area contributed by atoms with Crippen LogP contribution in [0.4, 0.5) is 23.7 Å². The summed E-state index contributed by atoms with van der Waals surface area (Å²) in [6, 6.07) is 2.59. The van der Waals surface area contributed by atoms with Crippen LogP contribution in [0.3, 0.4) is 0 Å². The van der Waals surface area contributed by atoms with Crippen LogP contribution >= 0.6 is 0 Å². The molecule has 1 heterocycles. The SMILES string of the molecule is CC(=O)O[C@@H]1C[C@@]23COC[C@](C)([C@@H]2CC[C@H]2C3=CC[C@@]3(C)[C@H](C(=O)O)[C@@](C)([C@H](C)C(C)C)CC[C@]23C)[C@H]1OC(=O)C(N)CCCCNC(=O)Nc1ccc(C(F)(F)F)cc1. The molecule has 1 saturated heterocycles. The third kappa shape index (κ3) is 7.85. The van der Waals surface area contributed by atoms with Gasteiger partial charge in [0.05, 0.1) is 24.7 Å². The van der Waals surface area contributed by atoms with E-state index in [1.165, 1.54) is 24.6 Å². The molecule has 5 aliphatic rings. The molecule has 1 aliphatic heterocycles. The number of hydrogen-bond donors (Lipinski definition) is 4. The van der Waals surface area contributed by atoms with Gasteiger partial charge < -0.3 is 35.7 Å². The molecule has 2 amide bonds. The van der Waals surface area contributed by atoms with E-state index in [2.05, 4.69) is 65.2 Å². The number of aliphatic carboxylic acids is 1. The number of hydrogen-bond acceptors (Lipinski definition) is 8. The number of rotatable bonds is 12. The molecule has 5 N–H and O–H groups in total. The number of halogens is 3. The predicted molar refractivity (Wildman–Crippen MR) is 219 cm³/mol. The molecule has 14 heteroatoms. The van der Waals surface area contributed by atoms with Gasteiger partial charge in [0, 0.05) is 30.0 Å². The van der Waals surface area contributed by atoms with Crippen molar-refractivity contribution in [3.63, 3.8) is 0 Å². The van der Waals surface area contributed by atoms with Crippen molar-refractivity contribution in [3.05, 3.63) is 41.5 Å². The lowest BCUT2D eigenvalue weighted by atomic mass is 9.34. The maximum Gasteiger partial charge on any atom is 0.416 e. The van der Waals surface area contributed by atoms with Crippen molar-refractivity contribution in [3.8, 4) is 0 Å². The van der Waals surface area contributed by atoms with Gasteiger partial charge in [-0.15, -0.1) is 0 Å². The Labute approximate surface area is 352 Å². The molecule has 0 aromatic heterocycles. The number of unbranched alkanes of at least 4 members (excludes halogenated alkanes) is 1. The zero-order valence-electron chi connectivity index (χ0n) is 36.5. The molecule has 12 atom stereocenters. The number of nitrogens with one attached hydrogen (secondary N) is 2. The summed E-state index contributed by atoms with van der Waals surface area (Å²) in [4.78, 5) is 52.2. The smallest absolute Gasteiger partial charge is 0.416 e. The summed E-state index contributed by atoms with van der Waals surface area (Å²) >= 11 is 0. The monoisotopic (exact) mass is 845 g/mol. The Kier molecular flexibility index (Phi) is 12.7. The van der Waals surface area contributed by atoms with E-state index < -0.39 is 76.1 Å². The van der Waals surface area contributed by atoms with Crippen LogP contribution in [0.2, 0.25) is 0 Å². The van der Waals surface area contributed by atoms with Gasteiger partial charge in [-0.2, -0.15) is 13.2 Å². The number of urea groups is 1. The maximum absolute atomic E-state index is 13.7. The number of ether oxygens (including phenoxy) is 3. The first kappa shape index (κ1) is 45.9. The Morgan fingerprint density at radius 2 is 1.65 bits per heavy atom. The van der Waals surface area contributed by atoms with Gasteiger partial charge in [0.15, 0.2) is 0 Å². The van der Waals surface area contributed by atoms with Crippen molar-refractivity contribution in [2.75, 3.05) is 25.1 Å². The van der Waals surface area contributed by atoms with Crippen LogP contribution in [0.1, 0.15) is 119 Å². The molecule has 6 rings (SSSR count). The maximum atomic E-state index is 13.7.